The molecule has 2 aromatic rings. The van der Waals surface area contributed by atoms with Gasteiger partial charge in [0.25, 0.3) is 0 Å². The van der Waals surface area contributed by atoms with E-state index in [0.717, 1.165) is 11.3 Å². The van der Waals surface area contributed by atoms with Crippen LogP contribution in [0.5, 0.6) is 5.88 Å². The minimum Gasteiger partial charge on any atom is -0.472 e. The molecule has 0 saturated carbocycles. The van der Waals surface area contributed by atoms with Gasteiger partial charge in [0.15, 0.2) is 0 Å². The molecule has 0 aliphatic heterocycles. The number of aromatic nitrogens is 1. The summed E-state index contributed by atoms with van der Waals surface area (Å²) in [4.78, 5) is 4.58. The van der Waals surface area contributed by atoms with Crippen LogP contribution in [0.2, 0.25) is 5.02 Å². The number of nitrogens with zero attached hydrogens (tertiary/aromatic N) is 1. The Bertz CT molecular complexity index is 616. The standard InChI is InChI=1S/C14H13ClN2OS/c1-9-5-6-12(13(16)19)14(17-9)18-8-10-3-2-4-11(15)7-10/h2-7H,8H2,1H3,(H2,16,19). The van der Waals surface area contributed by atoms with Crippen molar-refractivity contribution in [2.24, 2.45) is 5.73 Å². The minimum absolute atomic E-state index is 0.272. The fourth-order valence-electron chi connectivity index (χ4n) is 1.61. The maximum atomic E-state index is 5.92. The monoisotopic (exact) mass is 292 g/mol. The lowest BCUT2D eigenvalue weighted by Crippen LogP contribution is -2.13. The summed E-state index contributed by atoms with van der Waals surface area (Å²) in [6, 6.07) is 11.1. The summed E-state index contributed by atoms with van der Waals surface area (Å²) in [7, 11) is 0. The summed E-state index contributed by atoms with van der Waals surface area (Å²) in [6.45, 7) is 2.25. The molecule has 0 amide bonds. The van der Waals surface area contributed by atoms with E-state index in [0.29, 0.717) is 23.1 Å². The average Bonchev–Trinajstić information content (AvgIpc) is 2.36. The number of ether oxygens (including phenoxy) is 1. The van der Waals surface area contributed by atoms with Crippen LogP contribution in [-0.4, -0.2) is 9.97 Å². The Balaban J connectivity index is 2.19. The Morgan fingerprint density at radius 3 is 2.84 bits per heavy atom. The minimum atomic E-state index is 0.272. The molecule has 1 heterocycles. The first kappa shape index (κ1) is 13.8. The van der Waals surface area contributed by atoms with E-state index in [1.54, 1.807) is 0 Å². The van der Waals surface area contributed by atoms with E-state index in [-0.39, 0.29) is 4.99 Å². The molecule has 19 heavy (non-hydrogen) atoms. The lowest BCUT2D eigenvalue weighted by Gasteiger charge is -2.10. The smallest absolute Gasteiger partial charge is 0.224 e. The van der Waals surface area contributed by atoms with Crippen LogP contribution in [0, 0.1) is 6.92 Å². The highest BCUT2D eigenvalue weighted by Gasteiger charge is 2.09. The Morgan fingerprint density at radius 2 is 2.16 bits per heavy atom. The van der Waals surface area contributed by atoms with Gasteiger partial charge in [-0.2, -0.15) is 0 Å². The maximum absolute atomic E-state index is 5.92. The molecule has 0 saturated heterocycles. The van der Waals surface area contributed by atoms with Gasteiger partial charge in [-0.05, 0) is 36.8 Å². The SMILES string of the molecule is Cc1ccc(C(N)=S)c(OCc2cccc(Cl)c2)n1. The Labute approximate surface area is 122 Å². The molecule has 0 spiro atoms. The first-order valence-electron chi connectivity index (χ1n) is 5.71. The van der Waals surface area contributed by atoms with Crippen molar-refractivity contribution in [3.63, 3.8) is 0 Å². The highest BCUT2D eigenvalue weighted by atomic mass is 35.5. The third kappa shape index (κ3) is 3.66. The number of benzene rings is 1. The zero-order valence-corrected chi connectivity index (χ0v) is 12.0. The molecule has 0 radical (unpaired) electrons. The largest absolute Gasteiger partial charge is 0.472 e. The van der Waals surface area contributed by atoms with Crippen molar-refractivity contribution in [3.8, 4) is 5.88 Å². The topological polar surface area (TPSA) is 48.1 Å². The normalized spacial score (nSPS) is 10.2. The Morgan fingerprint density at radius 1 is 1.37 bits per heavy atom. The van der Waals surface area contributed by atoms with Crippen LogP contribution in [0.1, 0.15) is 16.8 Å². The van der Waals surface area contributed by atoms with Crippen LogP contribution in [0.15, 0.2) is 36.4 Å². The second kappa shape index (κ2) is 5.99. The molecule has 0 atom stereocenters. The summed E-state index contributed by atoms with van der Waals surface area (Å²) in [5.74, 6) is 0.451. The summed E-state index contributed by atoms with van der Waals surface area (Å²) in [5.41, 5.74) is 8.10. The lowest BCUT2D eigenvalue weighted by molar-refractivity contribution is 0.293. The average molecular weight is 293 g/mol. The van der Waals surface area contributed by atoms with Crippen molar-refractivity contribution in [3.05, 3.63) is 58.2 Å². The second-order valence-corrected chi connectivity index (χ2v) is 4.96. The van der Waals surface area contributed by atoms with E-state index in [9.17, 15) is 0 Å². The maximum Gasteiger partial charge on any atom is 0.224 e. The van der Waals surface area contributed by atoms with Crippen molar-refractivity contribution >= 4 is 28.8 Å². The van der Waals surface area contributed by atoms with Crippen molar-refractivity contribution in [2.45, 2.75) is 13.5 Å². The van der Waals surface area contributed by atoms with E-state index in [1.165, 1.54) is 0 Å². The number of thiocarbonyl (C=S) groups is 1. The molecule has 5 heteroatoms. The van der Waals surface area contributed by atoms with Gasteiger partial charge in [-0.1, -0.05) is 36.0 Å². The molecule has 2 N–H and O–H groups in total. The van der Waals surface area contributed by atoms with Crippen molar-refractivity contribution in [2.75, 3.05) is 0 Å². The summed E-state index contributed by atoms with van der Waals surface area (Å²) in [6.07, 6.45) is 0. The van der Waals surface area contributed by atoms with Gasteiger partial charge in [-0.25, -0.2) is 4.98 Å². The van der Waals surface area contributed by atoms with Crippen molar-refractivity contribution < 1.29 is 4.74 Å². The summed E-state index contributed by atoms with van der Waals surface area (Å²) >= 11 is 10.9. The van der Waals surface area contributed by atoms with Gasteiger partial charge in [-0.15, -0.1) is 0 Å². The molecule has 0 aliphatic carbocycles. The van der Waals surface area contributed by atoms with Crippen LogP contribution in [-0.2, 0) is 6.61 Å². The Hall–Kier alpha value is -1.65. The van der Waals surface area contributed by atoms with Crippen LogP contribution >= 0.6 is 23.8 Å². The first-order chi connectivity index (χ1) is 9.06. The van der Waals surface area contributed by atoms with E-state index in [4.69, 9.17) is 34.3 Å². The van der Waals surface area contributed by atoms with Gasteiger partial charge in [0, 0.05) is 10.7 Å². The van der Waals surface area contributed by atoms with E-state index >= 15 is 0 Å². The number of nitrogens with two attached hydrogens (primary N) is 1. The Kier molecular flexibility index (Phi) is 4.35. The van der Waals surface area contributed by atoms with Crippen LogP contribution < -0.4 is 10.5 Å². The lowest BCUT2D eigenvalue weighted by atomic mass is 10.2. The summed E-state index contributed by atoms with van der Waals surface area (Å²) < 4.78 is 5.68. The molecule has 2 rings (SSSR count). The van der Waals surface area contributed by atoms with Gasteiger partial charge >= 0.3 is 0 Å². The number of hydrogen-bond donors (Lipinski definition) is 1. The van der Waals surface area contributed by atoms with Gasteiger partial charge in [0.1, 0.15) is 11.6 Å². The number of hydrogen-bond acceptors (Lipinski definition) is 3. The quantitative estimate of drug-likeness (QED) is 0.879. The number of halogens is 1. The van der Waals surface area contributed by atoms with E-state index < -0.39 is 0 Å². The zero-order valence-electron chi connectivity index (χ0n) is 10.4. The zero-order chi connectivity index (χ0) is 13.8. The molecular weight excluding hydrogens is 280 g/mol. The highest BCUT2D eigenvalue weighted by molar-refractivity contribution is 7.80. The number of aryl methyl sites for hydroxylation is 1. The van der Waals surface area contributed by atoms with Crippen LogP contribution in [0.3, 0.4) is 0 Å². The fourth-order valence-corrected chi connectivity index (χ4v) is 1.98. The third-order valence-corrected chi connectivity index (χ3v) is 2.98. The predicted octanol–water partition coefficient (Wildman–Crippen LogP) is 3.26. The first-order valence-corrected chi connectivity index (χ1v) is 6.49. The number of rotatable bonds is 4. The molecule has 98 valence electrons. The van der Waals surface area contributed by atoms with Gasteiger partial charge in [0.05, 0.1) is 5.56 Å². The van der Waals surface area contributed by atoms with Crippen LogP contribution in [0.4, 0.5) is 0 Å². The predicted molar refractivity (Wildman–Crippen MR) is 80.6 cm³/mol. The molecule has 0 aliphatic rings. The van der Waals surface area contributed by atoms with Crippen molar-refractivity contribution in [1.29, 1.82) is 0 Å². The summed E-state index contributed by atoms with van der Waals surface area (Å²) in [5, 5.41) is 0.674. The fraction of sp³-hybridized carbons (Fsp3) is 0.143. The number of pyridine rings is 1. The van der Waals surface area contributed by atoms with E-state index in [1.807, 2.05) is 43.3 Å². The second-order valence-electron chi connectivity index (χ2n) is 4.09. The molecule has 0 unspecified atom stereocenters. The molecule has 3 nitrogen and oxygen atoms in total. The van der Waals surface area contributed by atoms with Gasteiger partial charge < -0.3 is 10.5 Å². The van der Waals surface area contributed by atoms with Crippen LogP contribution in [0.25, 0.3) is 0 Å². The van der Waals surface area contributed by atoms with Gasteiger partial charge in [0.2, 0.25) is 5.88 Å². The molecule has 1 aromatic carbocycles. The van der Waals surface area contributed by atoms with E-state index in [2.05, 4.69) is 4.98 Å². The molecule has 0 fully saturated rings. The van der Waals surface area contributed by atoms with Gasteiger partial charge in [-0.3, -0.25) is 0 Å². The molecule has 1 aromatic heterocycles. The molecular formula is C14H13ClN2OS. The molecule has 0 bridgehead atoms. The van der Waals surface area contributed by atoms with Crippen molar-refractivity contribution in [1.82, 2.24) is 4.98 Å². The highest BCUT2D eigenvalue weighted by Crippen LogP contribution is 2.18. The third-order valence-electron chi connectivity index (χ3n) is 2.53.